The molecule has 2 aliphatic heterocycles. The van der Waals surface area contributed by atoms with Gasteiger partial charge < -0.3 is 14.8 Å². The predicted molar refractivity (Wildman–Crippen MR) is 115 cm³/mol. The van der Waals surface area contributed by atoms with Crippen LogP contribution < -0.4 is 4.90 Å². The van der Waals surface area contributed by atoms with E-state index in [9.17, 15) is 9.18 Å². The first kappa shape index (κ1) is 18.4. The molecular weight excluding hydrogens is 415 g/mol. The summed E-state index contributed by atoms with van der Waals surface area (Å²) in [7, 11) is 0. The Labute approximate surface area is 181 Å². The lowest BCUT2D eigenvalue weighted by Crippen LogP contribution is -2.56. The van der Waals surface area contributed by atoms with Crippen LogP contribution in [0, 0.1) is 11.7 Å². The van der Waals surface area contributed by atoms with Gasteiger partial charge in [0, 0.05) is 31.7 Å². The number of fused-ring (bicyclic) bond motifs is 2. The van der Waals surface area contributed by atoms with Crippen molar-refractivity contribution in [3.8, 4) is 0 Å². The second kappa shape index (κ2) is 7.12. The largest absolute Gasteiger partial charge is 0.355 e. The van der Waals surface area contributed by atoms with Gasteiger partial charge in [-0.05, 0) is 24.3 Å². The average molecular weight is 435 g/mol. The van der Waals surface area contributed by atoms with E-state index in [4.69, 9.17) is 4.98 Å². The average Bonchev–Trinajstić information content (AvgIpc) is 3.39. The van der Waals surface area contributed by atoms with E-state index in [0.717, 1.165) is 33.0 Å². The minimum Gasteiger partial charge on any atom is -0.355 e. The summed E-state index contributed by atoms with van der Waals surface area (Å²) in [5.74, 6) is 0.320. The molecule has 1 amide bonds. The molecule has 1 aromatic carbocycles. The third-order valence-electron chi connectivity index (χ3n) is 6.02. The van der Waals surface area contributed by atoms with Crippen LogP contribution in [0.15, 0.2) is 48.9 Å². The third-order valence-corrected chi connectivity index (χ3v) is 7.11. The number of nitrogens with one attached hydrogen (secondary N) is 1. The van der Waals surface area contributed by atoms with Gasteiger partial charge in [0.05, 0.1) is 34.4 Å². The number of rotatable bonds is 3. The Hall–Kier alpha value is -3.33. The molecule has 0 spiro atoms. The molecule has 2 aliphatic rings. The Morgan fingerprint density at radius 2 is 2.03 bits per heavy atom. The fourth-order valence-electron chi connectivity index (χ4n) is 4.38. The summed E-state index contributed by atoms with van der Waals surface area (Å²) in [6, 6.07) is 10.8. The number of imidazole rings is 1. The predicted octanol–water partition coefficient (Wildman–Crippen LogP) is 3.16. The molecule has 0 bridgehead atoms. The van der Waals surface area contributed by atoms with E-state index in [1.807, 2.05) is 28.0 Å². The second-order valence-electron chi connectivity index (χ2n) is 7.91. The van der Waals surface area contributed by atoms with Crippen molar-refractivity contribution < 1.29 is 9.18 Å². The van der Waals surface area contributed by atoms with E-state index in [-0.39, 0.29) is 23.7 Å². The molecule has 0 saturated carbocycles. The number of aromatic nitrogens is 4. The monoisotopic (exact) mass is 434 g/mol. The zero-order valence-electron chi connectivity index (χ0n) is 16.5. The van der Waals surface area contributed by atoms with E-state index in [1.54, 1.807) is 23.7 Å². The van der Waals surface area contributed by atoms with E-state index in [1.165, 1.54) is 12.3 Å². The number of hydrogen-bond acceptors (Lipinski definition) is 6. The number of pyridine rings is 1. The summed E-state index contributed by atoms with van der Waals surface area (Å²) in [6.07, 6.45) is 3.65. The minimum absolute atomic E-state index is 0.108. The minimum atomic E-state index is -0.362. The molecular formula is C22H19FN6OS. The summed E-state index contributed by atoms with van der Waals surface area (Å²) in [6.45, 7) is 1.78. The van der Waals surface area contributed by atoms with Crippen LogP contribution in [0.5, 0.6) is 0 Å². The van der Waals surface area contributed by atoms with Crippen molar-refractivity contribution in [3.63, 3.8) is 0 Å². The number of carbonyl (C=O) groups excluding carboxylic acids is 1. The third kappa shape index (κ3) is 3.07. The number of H-pyrrole nitrogens is 1. The number of amides is 1. The summed E-state index contributed by atoms with van der Waals surface area (Å²) in [4.78, 5) is 34.2. The zero-order valence-corrected chi connectivity index (χ0v) is 17.3. The number of nitrogens with zero attached hydrogens (tertiary/aromatic N) is 5. The Kier molecular flexibility index (Phi) is 4.24. The van der Waals surface area contributed by atoms with Crippen LogP contribution in [0.2, 0.25) is 0 Å². The topological polar surface area (TPSA) is 78.0 Å². The van der Waals surface area contributed by atoms with Gasteiger partial charge in [0.15, 0.2) is 0 Å². The number of thiazole rings is 1. The lowest BCUT2D eigenvalue weighted by molar-refractivity contribution is -0.138. The van der Waals surface area contributed by atoms with Crippen molar-refractivity contribution in [3.05, 3.63) is 71.1 Å². The summed E-state index contributed by atoms with van der Waals surface area (Å²) >= 11 is 1.61. The quantitative estimate of drug-likeness (QED) is 0.536. The van der Waals surface area contributed by atoms with Crippen LogP contribution in [0.25, 0.3) is 10.2 Å². The van der Waals surface area contributed by atoms with Gasteiger partial charge in [-0.3, -0.25) is 4.79 Å². The molecule has 7 nitrogen and oxygen atoms in total. The molecule has 3 aromatic heterocycles. The maximum absolute atomic E-state index is 13.5. The Balaban J connectivity index is 1.28. The summed E-state index contributed by atoms with van der Waals surface area (Å²) in [5, 5.41) is 0.888. The second-order valence-corrected chi connectivity index (χ2v) is 8.97. The highest BCUT2D eigenvalue weighted by atomic mass is 32.1. The molecule has 1 saturated heterocycles. The fraction of sp³-hybridized carbons (Fsp3) is 0.273. The number of carbonyl (C=O) groups is 1. The molecule has 9 heteroatoms. The number of para-hydroxylation sites is 1. The first-order chi connectivity index (χ1) is 15.2. The molecule has 0 unspecified atom stereocenters. The maximum atomic E-state index is 13.5. The highest BCUT2D eigenvalue weighted by molar-refractivity contribution is 7.18. The SMILES string of the molecule is O=C(C1CN(c2ccc(F)cn2)C1)N1CCc2[nH]cnc2[C@H]1c1nc2ccccc2s1. The first-order valence-corrected chi connectivity index (χ1v) is 11.0. The van der Waals surface area contributed by atoms with Crippen LogP contribution >= 0.6 is 11.3 Å². The van der Waals surface area contributed by atoms with E-state index >= 15 is 0 Å². The number of hydrogen-bond donors (Lipinski definition) is 1. The number of halogens is 1. The Morgan fingerprint density at radius 1 is 1.16 bits per heavy atom. The number of anilines is 1. The molecule has 1 N–H and O–H groups in total. The van der Waals surface area contributed by atoms with Crippen LogP contribution in [-0.2, 0) is 11.2 Å². The van der Waals surface area contributed by atoms with E-state index < -0.39 is 0 Å². The number of benzene rings is 1. The van der Waals surface area contributed by atoms with Crippen LogP contribution in [0.1, 0.15) is 22.4 Å². The maximum Gasteiger partial charge on any atom is 0.230 e. The molecule has 1 fully saturated rings. The van der Waals surface area contributed by atoms with Crippen LogP contribution in [0.3, 0.4) is 0 Å². The first-order valence-electron chi connectivity index (χ1n) is 10.2. The van der Waals surface area contributed by atoms with Crippen molar-refractivity contribution in [2.45, 2.75) is 12.5 Å². The smallest absolute Gasteiger partial charge is 0.230 e. The van der Waals surface area contributed by atoms with Crippen molar-refractivity contribution in [2.75, 3.05) is 24.5 Å². The highest BCUT2D eigenvalue weighted by Gasteiger charge is 2.42. The van der Waals surface area contributed by atoms with Crippen LogP contribution in [0.4, 0.5) is 10.2 Å². The molecule has 6 rings (SSSR count). The lowest BCUT2D eigenvalue weighted by Gasteiger charge is -2.43. The molecule has 1 atom stereocenters. The Bertz CT molecular complexity index is 1230. The fourth-order valence-corrected chi connectivity index (χ4v) is 5.47. The van der Waals surface area contributed by atoms with Crippen molar-refractivity contribution in [1.82, 2.24) is 24.8 Å². The van der Waals surface area contributed by atoms with Crippen molar-refractivity contribution in [2.24, 2.45) is 5.92 Å². The van der Waals surface area contributed by atoms with Gasteiger partial charge in [0.2, 0.25) is 5.91 Å². The molecule has 4 aromatic rings. The zero-order chi connectivity index (χ0) is 20.9. The standard InChI is InChI=1S/C22H19FN6OS/c23-14-5-6-18(24-9-14)28-10-13(11-28)22(30)29-8-7-16-19(26-12-25-16)20(29)21-27-15-3-1-2-4-17(15)31-21/h1-6,9,12-13,20H,7-8,10-11H2,(H,25,26)/t20-/m0/s1. The van der Waals surface area contributed by atoms with Crippen molar-refractivity contribution in [1.29, 1.82) is 0 Å². The van der Waals surface area contributed by atoms with Gasteiger partial charge in [0.1, 0.15) is 22.7 Å². The van der Waals surface area contributed by atoms with E-state index in [2.05, 4.69) is 21.0 Å². The van der Waals surface area contributed by atoms with Crippen molar-refractivity contribution >= 4 is 33.3 Å². The molecule has 0 radical (unpaired) electrons. The van der Waals surface area contributed by atoms with Gasteiger partial charge in [-0.2, -0.15) is 0 Å². The van der Waals surface area contributed by atoms with E-state index in [0.29, 0.717) is 25.5 Å². The lowest BCUT2D eigenvalue weighted by atomic mass is 9.94. The summed E-state index contributed by atoms with van der Waals surface area (Å²) < 4.78 is 14.2. The highest BCUT2D eigenvalue weighted by Crippen LogP contribution is 2.39. The molecule has 5 heterocycles. The normalized spacial score (nSPS) is 18.8. The molecule has 31 heavy (non-hydrogen) atoms. The number of aromatic amines is 1. The van der Waals surface area contributed by atoms with Gasteiger partial charge >= 0.3 is 0 Å². The van der Waals surface area contributed by atoms with Gasteiger partial charge in [-0.15, -0.1) is 11.3 Å². The van der Waals surface area contributed by atoms with Gasteiger partial charge in [-0.25, -0.2) is 19.3 Å². The Morgan fingerprint density at radius 3 is 2.84 bits per heavy atom. The molecule has 156 valence electrons. The van der Waals surface area contributed by atoms with Gasteiger partial charge in [-0.1, -0.05) is 12.1 Å². The van der Waals surface area contributed by atoms with Crippen LogP contribution in [-0.4, -0.2) is 50.4 Å². The molecule has 0 aliphatic carbocycles. The van der Waals surface area contributed by atoms with Gasteiger partial charge in [0.25, 0.3) is 0 Å². The summed E-state index contributed by atoms with van der Waals surface area (Å²) in [5.41, 5.74) is 2.89.